The van der Waals surface area contributed by atoms with Gasteiger partial charge in [0.2, 0.25) is 0 Å². The number of alkyl carbamates (subject to hydrolysis) is 1. The molecule has 0 aliphatic rings. The Balaban J connectivity index is 2.73. The van der Waals surface area contributed by atoms with E-state index in [1.807, 2.05) is 65.0 Å². The average molecular weight is 334 g/mol. The summed E-state index contributed by atoms with van der Waals surface area (Å²) in [7, 11) is 0. The standard InChI is InChI=1S/C18H30N4O2/c1-6-18(7-2,22-16(23)24-17(3,4)5)13-20-15(19)21-14-11-9-8-10-12-14/h8-12H,6-7,13H2,1-5H3,(H,22,23)(H3,19,20,21). The Morgan fingerprint density at radius 1 is 1.17 bits per heavy atom. The molecule has 134 valence electrons. The first-order valence-corrected chi connectivity index (χ1v) is 8.33. The summed E-state index contributed by atoms with van der Waals surface area (Å²) < 4.78 is 5.35. The van der Waals surface area contributed by atoms with Gasteiger partial charge < -0.3 is 21.1 Å². The molecule has 0 aromatic heterocycles. The molecule has 0 atom stereocenters. The van der Waals surface area contributed by atoms with Crippen molar-refractivity contribution in [1.82, 2.24) is 5.32 Å². The van der Waals surface area contributed by atoms with Gasteiger partial charge in [0.05, 0.1) is 12.1 Å². The smallest absolute Gasteiger partial charge is 0.408 e. The highest BCUT2D eigenvalue weighted by molar-refractivity contribution is 5.92. The molecule has 1 aromatic carbocycles. The van der Waals surface area contributed by atoms with E-state index in [0.717, 1.165) is 18.5 Å². The number of aliphatic imine (C=N–C) groups is 1. The molecule has 0 unspecified atom stereocenters. The Morgan fingerprint density at radius 3 is 2.25 bits per heavy atom. The van der Waals surface area contributed by atoms with Gasteiger partial charge in [-0.05, 0) is 45.7 Å². The molecule has 4 N–H and O–H groups in total. The third-order valence-corrected chi connectivity index (χ3v) is 3.72. The molecule has 0 saturated carbocycles. The second-order valence-corrected chi connectivity index (χ2v) is 6.81. The molecule has 0 aliphatic heterocycles. The van der Waals surface area contributed by atoms with Gasteiger partial charge in [-0.15, -0.1) is 0 Å². The number of nitrogens with two attached hydrogens (primary N) is 1. The van der Waals surface area contributed by atoms with Crippen molar-refractivity contribution < 1.29 is 9.53 Å². The maximum Gasteiger partial charge on any atom is 0.408 e. The lowest BCUT2D eigenvalue weighted by Crippen LogP contribution is -2.52. The number of amides is 1. The fraction of sp³-hybridized carbons (Fsp3) is 0.556. The van der Waals surface area contributed by atoms with Gasteiger partial charge in [0, 0.05) is 5.69 Å². The first-order chi connectivity index (χ1) is 11.2. The molecule has 6 heteroatoms. The lowest BCUT2D eigenvalue weighted by atomic mass is 9.93. The van der Waals surface area contributed by atoms with Crippen LogP contribution in [-0.2, 0) is 4.74 Å². The monoisotopic (exact) mass is 334 g/mol. The van der Waals surface area contributed by atoms with Crippen LogP contribution in [-0.4, -0.2) is 29.7 Å². The molecule has 1 aromatic rings. The van der Waals surface area contributed by atoms with Crippen LogP contribution >= 0.6 is 0 Å². The summed E-state index contributed by atoms with van der Waals surface area (Å²) in [5.41, 5.74) is 5.81. The van der Waals surface area contributed by atoms with E-state index in [-0.39, 0.29) is 0 Å². The second-order valence-electron chi connectivity index (χ2n) is 6.81. The molecular weight excluding hydrogens is 304 g/mol. The van der Waals surface area contributed by atoms with Gasteiger partial charge in [-0.3, -0.25) is 4.99 Å². The molecule has 0 bridgehead atoms. The van der Waals surface area contributed by atoms with Crippen LogP contribution in [0.15, 0.2) is 35.3 Å². The highest BCUT2D eigenvalue weighted by Crippen LogP contribution is 2.17. The molecule has 0 radical (unpaired) electrons. The van der Waals surface area contributed by atoms with E-state index in [0.29, 0.717) is 12.5 Å². The number of anilines is 1. The molecule has 0 spiro atoms. The largest absolute Gasteiger partial charge is 0.444 e. The zero-order chi connectivity index (χ0) is 18.2. The molecule has 6 nitrogen and oxygen atoms in total. The zero-order valence-electron chi connectivity index (χ0n) is 15.3. The minimum absolute atomic E-state index is 0.318. The Hall–Kier alpha value is -2.24. The lowest BCUT2D eigenvalue weighted by Gasteiger charge is -2.32. The molecule has 0 fully saturated rings. The van der Waals surface area contributed by atoms with Gasteiger partial charge in [-0.2, -0.15) is 0 Å². The number of hydrogen-bond acceptors (Lipinski definition) is 3. The summed E-state index contributed by atoms with van der Waals surface area (Å²) in [6.45, 7) is 9.92. The van der Waals surface area contributed by atoms with Gasteiger partial charge in [0.15, 0.2) is 5.96 Å². The number of ether oxygens (including phenoxy) is 1. The first kappa shape index (κ1) is 19.8. The van der Waals surface area contributed by atoms with Crippen LogP contribution < -0.4 is 16.4 Å². The highest BCUT2D eigenvalue weighted by Gasteiger charge is 2.30. The maximum atomic E-state index is 12.1. The van der Waals surface area contributed by atoms with Crippen LogP contribution in [0.1, 0.15) is 47.5 Å². The number of nitrogens with zero attached hydrogens (tertiary/aromatic N) is 1. The number of carbonyl (C=O) groups is 1. The Kier molecular flexibility index (Phi) is 7.07. The minimum atomic E-state index is -0.533. The minimum Gasteiger partial charge on any atom is -0.444 e. The fourth-order valence-corrected chi connectivity index (χ4v) is 2.16. The predicted octanol–water partition coefficient (Wildman–Crippen LogP) is 3.50. The lowest BCUT2D eigenvalue weighted by molar-refractivity contribution is 0.0452. The SMILES string of the molecule is CCC(CC)(CN=C(N)Nc1ccccc1)NC(=O)OC(C)(C)C. The number of nitrogens with one attached hydrogen (secondary N) is 2. The van der Waals surface area contributed by atoms with Crippen molar-refractivity contribution in [3.05, 3.63) is 30.3 Å². The number of carbonyl (C=O) groups excluding carboxylic acids is 1. The topological polar surface area (TPSA) is 88.7 Å². The van der Waals surface area contributed by atoms with Gasteiger partial charge in [-0.25, -0.2) is 4.79 Å². The van der Waals surface area contributed by atoms with Gasteiger partial charge >= 0.3 is 6.09 Å². The predicted molar refractivity (Wildman–Crippen MR) is 99.2 cm³/mol. The summed E-state index contributed by atoms with van der Waals surface area (Å²) in [6.07, 6.45) is 1.02. The quantitative estimate of drug-likeness (QED) is 0.549. The second kappa shape index (κ2) is 8.57. The zero-order valence-corrected chi connectivity index (χ0v) is 15.3. The van der Waals surface area contributed by atoms with Crippen molar-refractivity contribution >= 4 is 17.7 Å². The van der Waals surface area contributed by atoms with E-state index in [4.69, 9.17) is 10.5 Å². The summed E-state index contributed by atoms with van der Waals surface area (Å²) in [5.74, 6) is 0.318. The van der Waals surface area contributed by atoms with Crippen molar-refractivity contribution in [3.8, 4) is 0 Å². The molecular formula is C18H30N4O2. The van der Waals surface area contributed by atoms with Crippen LogP contribution in [0, 0.1) is 0 Å². The third-order valence-electron chi connectivity index (χ3n) is 3.72. The molecule has 0 heterocycles. The molecule has 0 saturated heterocycles. The molecule has 1 amide bonds. The maximum absolute atomic E-state index is 12.1. The Bertz CT molecular complexity index is 546. The van der Waals surface area contributed by atoms with Crippen LogP contribution in [0.3, 0.4) is 0 Å². The van der Waals surface area contributed by atoms with Crippen LogP contribution in [0.25, 0.3) is 0 Å². The van der Waals surface area contributed by atoms with Crippen molar-refractivity contribution in [2.45, 2.75) is 58.6 Å². The van der Waals surface area contributed by atoms with Crippen molar-refractivity contribution in [2.24, 2.45) is 10.7 Å². The van der Waals surface area contributed by atoms with E-state index in [2.05, 4.69) is 15.6 Å². The summed E-state index contributed by atoms with van der Waals surface area (Å²) >= 11 is 0. The van der Waals surface area contributed by atoms with Gasteiger partial charge in [0.25, 0.3) is 0 Å². The summed E-state index contributed by atoms with van der Waals surface area (Å²) in [4.78, 5) is 16.5. The van der Waals surface area contributed by atoms with Crippen molar-refractivity contribution in [2.75, 3.05) is 11.9 Å². The van der Waals surface area contributed by atoms with E-state index in [1.54, 1.807) is 0 Å². The van der Waals surface area contributed by atoms with Crippen LogP contribution in [0.2, 0.25) is 0 Å². The van der Waals surface area contributed by atoms with Crippen LogP contribution in [0.4, 0.5) is 10.5 Å². The van der Waals surface area contributed by atoms with Gasteiger partial charge in [0.1, 0.15) is 5.60 Å². The average Bonchev–Trinajstić information content (AvgIpc) is 2.51. The normalized spacial score (nSPS) is 12.6. The Morgan fingerprint density at radius 2 is 1.75 bits per heavy atom. The van der Waals surface area contributed by atoms with Crippen molar-refractivity contribution in [1.29, 1.82) is 0 Å². The third kappa shape index (κ3) is 6.89. The summed E-state index contributed by atoms with van der Waals surface area (Å²) in [6, 6.07) is 9.59. The van der Waals surface area contributed by atoms with E-state index in [9.17, 15) is 4.79 Å². The van der Waals surface area contributed by atoms with E-state index in [1.165, 1.54) is 0 Å². The number of para-hydroxylation sites is 1. The van der Waals surface area contributed by atoms with Crippen molar-refractivity contribution in [3.63, 3.8) is 0 Å². The van der Waals surface area contributed by atoms with Gasteiger partial charge in [-0.1, -0.05) is 32.0 Å². The summed E-state index contributed by atoms with van der Waals surface area (Å²) in [5, 5.41) is 5.99. The van der Waals surface area contributed by atoms with E-state index >= 15 is 0 Å². The van der Waals surface area contributed by atoms with E-state index < -0.39 is 17.2 Å². The number of hydrogen-bond donors (Lipinski definition) is 3. The Labute approximate surface area is 144 Å². The van der Waals surface area contributed by atoms with Crippen LogP contribution in [0.5, 0.6) is 0 Å². The number of rotatable bonds is 6. The highest BCUT2D eigenvalue weighted by atomic mass is 16.6. The number of benzene rings is 1. The number of guanidine groups is 1. The fourth-order valence-electron chi connectivity index (χ4n) is 2.16. The molecule has 24 heavy (non-hydrogen) atoms. The first-order valence-electron chi connectivity index (χ1n) is 8.33. The molecule has 1 rings (SSSR count). The molecule has 0 aliphatic carbocycles.